The molecular formula is C35H56N4O. The number of aromatic nitrogens is 1. The van der Waals surface area contributed by atoms with E-state index in [1.807, 2.05) is 6.20 Å². The number of ether oxygens (including phenoxy) is 1. The molecule has 0 unspecified atom stereocenters. The zero-order valence-electron chi connectivity index (χ0n) is 26.8. The van der Waals surface area contributed by atoms with Crippen LogP contribution < -0.4 is 20.3 Å². The first kappa shape index (κ1) is 30.8. The number of rotatable bonds is 11. The summed E-state index contributed by atoms with van der Waals surface area (Å²) in [5.74, 6) is 0.765. The van der Waals surface area contributed by atoms with Crippen molar-refractivity contribution in [2.75, 3.05) is 18.0 Å². The molecule has 1 saturated carbocycles. The molecule has 1 aliphatic heterocycles. The van der Waals surface area contributed by atoms with Crippen LogP contribution in [0.25, 0.3) is 0 Å². The lowest BCUT2D eigenvalue weighted by molar-refractivity contribution is 0.0746. The van der Waals surface area contributed by atoms with E-state index in [1.165, 1.54) is 36.1 Å². The monoisotopic (exact) mass is 548 g/mol. The Morgan fingerprint density at radius 2 is 1.68 bits per heavy atom. The summed E-state index contributed by atoms with van der Waals surface area (Å²) in [4.78, 5) is 6.97. The molecule has 0 amide bonds. The van der Waals surface area contributed by atoms with Gasteiger partial charge >= 0.3 is 0 Å². The molecular weight excluding hydrogens is 492 g/mol. The molecule has 2 aromatic rings. The molecule has 1 saturated heterocycles. The van der Waals surface area contributed by atoms with E-state index in [9.17, 15) is 0 Å². The Balaban J connectivity index is 1.16. The van der Waals surface area contributed by atoms with Crippen molar-refractivity contribution in [1.82, 2.24) is 15.6 Å². The third-order valence-corrected chi connectivity index (χ3v) is 8.57. The van der Waals surface area contributed by atoms with Gasteiger partial charge in [0.25, 0.3) is 0 Å². The van der Waals surface area contributed by atoms with Crippen molar-refractivity contribution in [3.8, 4) is 5.88 Å². The molecule has 0 radical (unpaired) electrons. The maximum Gasteiger partial charge on any atom is 0.213 e. The predicted octanol–water partition coefficient (Wildman–Crippen LogP) is 7.28. The molecule has 222 valence electrons. The average Bonchev–Trinajstić information content (AvgIpc) is 3.28. The molecule has 5 nitrogen and oxygen atoms in total. The van der Waals surface area contributed by atoms with E-state index in [2.05, 4.69) is 119 Å². The van der Waals surface area contributed by atoms with Crippen LogP contribution in [0.5, 0.6) is 5.88 Å². The van der Waals surface area contributed by atoms with Crippen LogP contribution in [0.15, 0.2) is 42.6 Å². The lowest BCUT2D eigenvalue weighted by atomic mass is 9.80. The van der Waals surface area contributed by atoms with Gasteiger partial charge in [-0.1, -0.05) is 46.8 Å². The Labute approximate surface area is 244 Å². The highest BCUT2D eigenvalue weighted by atomic mass is 16.5. The summed E-state index contributed by atoms with van der Waals surface area (Å²) in [5, 5.41) is 7.61. The summed E-state index contributed by atoms with van der Waals surface area (Å²) >= 11 is 0. The average molecular weight is 549 g/mol. The molecule has 0 spiro atoms. The van der Waals surface area contributed by atoms with Crippen LogP contribution in [0, 0.1) is 5.41 Å². The van der Waals surface area contributed by atoms with Crippen molar-refractivity contribution in [3.63, 3.8) is 0 Å². The van der Waals surface area contributed by atoms with E-state index in [0.29, 0.717) is 18.1 Å². The Morgan fingerprint density at radius 1 is 0.975 bits per heavy atom. The molecule has 2 atom stereocenters. The smallest absolute Gasteiger partial charge is 0.213 e. The van der Waals surface area contributed by atoms with Crippen molar-refractivity contribution in [2.24, 2.45) is 5.41 Å². The van der Waals surface area contributed by atoms with Gasteiger partial charge in [0.15, 0.2) is 0 Å². The summed E-state index contributed by atoms with van der Waals surface area (Å²) < 4.78 is 6.19. The highest BCUT2D eigenvalue weighted by Crippen LogP contribution is 2.32. The van der Waals surface area contributed by atoms with Crippen LogP contribution in [0.3, 0.4) is 0 Å². The number of hydrogen-bond donors (Lipinski definition) is 2. The number of benzene rings is 1. The lowest BCUT2D eigenvalue weighted by Crippen LogP contribution is -2.50. The summed E-state index contributed by atoms with van der Waals surface area (Å²) in [7, 11) is 0. The summed E-state index contributed by atoms with van der Waals surface area (Å²) in [6, 6.07) is 15.2. The fourth-order valence-electron chi connectivity index (χ4n) is 6.19. The van der Waals surface area contributed by atoms with Crippen LogP contribution in [0.1, 0.15) is 106 Å². The van der Waals surface area contributed by atoms with E-state index in [4.69, 9.17) is 4.74 Å². The van der Waals surface area contributed by atoms with E-state index in [1.54, 1.807) is 0 Å². The fraction of sp³-hybridized carbons (Fsp3) is 0.686. The van der Waals surface area contributed by atoms with Crippen LogP contribution in [-0.2, 0) is 11.8 Å². The third-order valence-electron chi connectivity index (χ3n) is 8.57. The standard InChI is InChI=1S/C35H56N4O/c1-25(37-29-21-31(22-29)40-32-20-27(15-18-36-32)33(2,3)4)14-17-35(8,9)23-26-10-12-30(13-11-26)39-19-16-28(24-39)38-34(5,6)7/h10-13,15,18,20,25,28-29,31,37-38H,14,16-17,19,21-24H2,1-9H3/t25-,28-,29?,31?/m1/s1. The molecule has 2 heterocycles. The van der Waals surface area contributed by atoms with Crippen molar-refractivity contribution in [3.05, 3.63) is 53.7 Å². The van der Waals surface area contributed by atoms with Gasteiger partial charge in [-0.2, -0.15) is 0 Å². The van der Waals surface area contributed by atoms with Gasteiger partial charge in [-0.15, -0.1) is 0 Å². The van der Waals surface area contributed by atoms with Crippen LogP contribution in [0.2, 0.25) is 0 Å². The molecule has 2 fully saturated rings. The molecule has 40 heavy (non-hydrogen) atoms. The predicted molar refractivity (Wildman–Crippen MR) is 170 cm³/mol. The van der Waals surface area contributed by atoms with Crippen molar-refractivity contribution in [2.45, 2.75) is 136 Å². The zero-order valence-corrected chi connectivity index (χ0v) is 26.8. The second-order valence-electron chi connectivity index (χ2n) is 15.5. The van der Waals surface area contributed by atoms with Gasteiger partial charge in [-0.3, -0.25) is 0 Å². The zero-order chi connectivity index (χ0) is 29.1. The first-order chi connectivity index (χ1) is 18.6. The van der Waals surface area contributed by atoms with Gasteiger partial charge in [0.1, 0.15) is 6.10 Å². The lowest BCUT2D eigenvalue weighted by Gasteiger charge is -2.38. The summed E-state index contributed by atoms with van der Waals surface area (Å²) in [5.41, 5.74) is 4.64. The summed E-state index contributed by atoms with van der Waals surface area (Å²) in [6.07, 6.45) is 9.01. The van der Waals surface area contributed by atoms with Gasteiger partial charge in [0.2, 0.25) is 5.88 Å². The minimum atomic E-state index is 0.110. The Hall–Kier alpha value is -2.11. The van der Waals surface area contributed by atoms with Gasteiger partial charge in [-0.05, 0) is 106 Å². The molecule has 1 aliphatic carbocycles. The Bertz CT molecular complexity index is 1080. The SMILES string of the molecule is C[C@H](CCC(C)(C)Cc1ccc(N2CC[C@@H](NC(C)(C)C)C2)cc1)NC1CC(Oc2cc(C(C)(C)C)ccn2)C1. The first-order valence-corrected chi connectivity index (χ1v) is 15.7. The van der Waals surface area contributed by atoms with Gasteiger partial charge < -0.3 is 20.3 Å². The van der Waals surface area contributed by atoms with Gasteiger partial charge in [-0.25, -0.2) is 4.98 Å². The van der Waals surface area contributed by atoms with Crippen molar-refractivity contribution < 1.29 is 4.74 Å². The van der Waals surface area contributed by atoms with E-state index in [-0.39, 0.29) is 22.5 Å². The molecule has 2 N–H and O–H groups in total. The highest BCUT2D eigenvalue weighted by Gasteiger charge is 2.32. The number of anilines is 1. The Kier molecular flexibility index (Phi) is 9.56. The van der Waals surface area contributed by atoms with Crippen molar-refractivity contribution >= 4 is 5.69 Å². The minimum absolute atomic E-state index is 0.110. The molecule has 1 aromatic heterocycles. The maximum atomic E-state index is 6.19. The normalized spacial score (nSPS) is 22.7. The number of pyridine rings is 1. The second-order valence-corrected chi connectivity index (χ2v) is 15.5. The Morgan fingerprint density at radius 3 is 2.33 bits per heavy atom. The van der Waals surface area contributed by atoms with E-state index < -0.39 is 0 Å². The number of hydrogen-bond acceptors (Lipinski definition) is 5. The quantitative estimate of drug-likeness (QED) is 0.309. The first-order valence-electron chi connectivity index (χ1n) is 15.7. The third kappa shape index (κ3) is 9.21. The van der Waals surface area contributed by atoms with Crippen LogP contribution in [-0.4, -0.2) is 47.8 Å². The molecule has 4 rings (SSSR count). The second kappa shape index (κ2) is 12.4. The molecule has 5 heteroatoms. The number of nitrogens with zero attached hydrogens (tertiary/aromatic N) is 2. The topological polar surface area (TPSA) is 49.4 Å². The highest BCUT2D eigenvalue weighted by molar-refractivity contribution is 5.49. The molecule has 0 bridgehead atoms. The number of nitrogens with one attached hydrogen (secondary N) is 2. The van der Waals surface area contributed by atoms with Gasteiger partial charge in [0, 0.05) is 54.7 Å². The molecule has 1 aromatic carbocycles. The largest absolute Gasteiger partial charge is 0.474 e. The summed E-state index contributed by atoms with van der Waals surface area (Å²) in [6.45, 7) is 22.9. The molecule has 2 aliphatic rings. The van der Waals surface area contributed by atoms with E-state index in [0.717, 1.165) is 38.2 Å². The van der Waals surface area contributed by atoms with Gasteiger partial charge in [0.05, 0.1) is 0 Å². The van der Waals surface area contributed by atoms with E-state index >= 15 is 0 Å². The van der Waals surface area contributed by atoms with Crippen LogP contribution in [0.4, 0.5) is 5.69 Å². The minimum Gasteiger partial charge on any atom is -0.474 e. The maximum absolute atomic E-state index is 6.19. The fourth-order valence-corrected chi connectivity index (χ4v) is 6.19. The van der Waals surface area contributed by atoms with Crippen molar-refractivity contribution in [1.29, 1.82) is 0 Å². The van der Waals surface area contributed by atoms with Crippen LogP contribution >= 0.6 is 0 Å².